The maximum atomic E-state index is 13.1. The number of hydrogen-bond acceptors (Lipinski definition) is 2. The van der Waals surface area contributed by atoms with Crippen molar-refractivity contribution < 1.29 is 4.79 Å². The van der Waals surface area contributed by atoms with E-state index in [4.69, 9.17) is 23.2 Å². The fourth-order valence-corrected chi connectivity index (χ4v) is 4.41. The van der Waals surface area contributed by atoms with Crippen LogP contribution in [0.1, 0.15) is 18.1 Å². The number of carbonyl (C=O) groups excluding carboxylic acids is 1. The van der Waals surface area contributed by atoms with Gasteiger partial charge in [0.1, 0.15) is 0 Å². The molecule has 32 heavy (non-hydrogen) atoms. The Morgan fingerprint density at radius 3 is 2.50 bits per heavy atom. The molecule has 1 aromatic heterocycles. The smallest absolute Gasteiger partial charge is 0.280 e. The van der Waals surface area contributed by atoms with Crippen LogP contribution < -0.4 is 5.01 Å². The van der Waals surface area contributed by atoms with Crippen LogP contribution in [0.5, 0.6) is 0 Å². The van der Waals surface area contributed by atoms with Crippen molar-refractivity contribution in [3.63, 3.8) is 0 Å². The lowest BCUT2D eigenvalue weighted by molar-refractivity contribution is -0.114. The van der Waals surface area contributed by atoms with E-state index in [9.17, 15) is 4.79 Å². The second kappa shape index (κ2) is 8.30. The molecule has 0 fully saturated rings. The Hall–Kier alpha value is -3.34. The highest BCUT2D eigenvalue weighted by molar-refractivity contribution is 6.35. The maximum Gasteiger partial charge on any atom is 0.280 e. The first-order chi connectivity index (χ1) is 15.5. The van der Waals surface area contributed by atoms with Crippen LogP contribution in [-0.2, 0) is 11.3 Å². The highest BCUT2D eigenvalue weighted by atomic mass is 35.5. The van der Waals surface area contributed by atoms with Crippen LogP contribution in [0.4, 0.5) is 5.69 Å². The first kappa shape index (κ1) is 20.6. The van der Waals surface area contributed by atoms with Gasteiger partial charge < -0.3 is 4.57 Å². The standard InChI is InChI=1S/C26H19Cl2N3O/c1-17-23(26(32)31(29-17)21-7-3-2-4-8-21)13-19-16-30(25-10-6-5-9-22(19)25)15-18-11-12-20(27)14-24(18)28/h2-14,16H,15H2,1H3. The summed E-state index contributed by atoms with van der Waals surface area (Å²) in [4.78, 5) is 13.1. The quantitative estimate of drug-likeness (QED) is 0.309. The summed E-state index contributed by atoms with van der Waals surface area (Å²) >= 11 is 12.5. The molecule has 158 valence electrons. The molecule has 0 N–H and O–H groups in total. The zero-order valence-electron chi connectivity index (χ0n) is 17.3. The monoisotopic (exact) mass is 459 g/mol. The Morgan fingerprint density at radius 2 is 1.72 bits per heavy atom. The number of anilines is 1. The maximum absolute atomic E-state index is 13.1. The molecule has 2 heterocycles. The fraction of sp³-hybridized carbons (Fsp3) is 0.0769. The Bertz CT molecular complexity index is 1400. The van der Waals surface area contributed by atoms with Gasteiger partial charge in [-0.2, -0.15) is 10.1 Å². The summed E-state index contributed by atoms with van der Waals surface area (Å²) in [6.07, 6.45) is 3.97. The molecule has 0 atom stereocenters. The van der Waals surface area contributed by atoms with Crippen molar-refractivity contribution in [2.45, 2.75) is 13.5 Å². The van der Waals surface area contributed by atoms with E-state index in [0.717, 1.165) is 27.7 Å². The second-order valence-corrected chi connectivity index (χ2v) is 8.50. The lowest BCUT2D eigenvalue weighted by Gasteiger charge is -2.10. The average Bonchev–Trinajstić information content (AvgIpc) is 3.29. The lowest BCUT2D eigenvalue weighted by atomic mass is 10.1. The summed E-state index contributed by atoms with van der Waals surface area (Å²) in [6.45, 7) is 2.45. The summed E-state index contributed by atoms with van der Waals surface area (Å²) in [7, 11) is 0. The third kappa shape index (κ3) is 3.72. The first-order valence-corrected chi connectivity index (χ1v) is 11.0. The van der Waals surface area contributed by atoms with E-state index < -0.39 is 0 Å². The van der Waals surface area contributed by atoms with Crippen molar-refractivity contribution in [2.75, 3.05) is 5.01 Å². The van der Waals surface area contributed by atoms with Gasteiger partial charge in [0.05, 0.1) is 17.0 Å². The predicted molar refractivity (Wildman–Crippen MR) is 133 cm³/mol. The molecule has 1 amide bonds. The van der Waals surface area contributed by atoms with Gasteiger partial charge in [0.25, 0.3) is 5.91 Å². The van der Waals surface area contributed by atoms with Gasteiger partial charge in [0, 0.05) is 39.3 Å². The number of carbonyl (C=O) groups is 1. The number of para-hydroxylation sites is 2. The number of amides is 1. The highest BCUT2D eigenvalue weighted by Gasteiger charge is 2.29. The van der Waals surface area contributed by atoms with Crippen LogP contribution in [0.25, 0.3) is 17.0 Å². The molecule has 1 aliphatic heterocycles. The average molecular weight is 460 g/mol. The Balaban J connectivity index is 1.55. The van der Waals surface area contributed by atoms with Gasteiger partial charge in [-0.15, -0.1) is 0 Å². The summed E-state index contributed by atoms with van der Waals surface area (Å²) < 4.78 is 2.14. The first-order valence-electron chi connectivity index (χ1n) is 10.2. The van der Waals surface area contributed by atoms with Gasteiger partial charge in [-0.25, -0.2) is 0 Å². The van der Waals surface area contributed by atoms with Crippen LogP contribution in [-0.4, -0.2) is 16.2 Å². The SMILES string of the molecule is CC1=NN(c2ccccc2)C(=O)C1=Cc1cn(Cc2ccc(Cl)cc2Cl)c2ccccc12. The zero-order chi connectivity index (χ0) is 22.2. The van der Waals surface area contributed by atoms with Crippen molar-refractivity contribution in [1.29, 1.82) is 0 Å². The molecular weight excluding hydrogens is 441 g/mol. The van der Waals surface area contributed by atoms with Gasteiger partial charge >= 0.3 is 0 Å². The van der Waals surface area contributed by atoms with Crippen LogP contribution in [0.15, 0.2) is 89.7 Å². The minimum Gasteiger partial charge on any atom is -0.342 e. The Labute approximate surface area is 196 Å². The van der Waals surface area contributed by atoms with E-state index in [0.29, 0.717) is 27.9 Å². The minimum atomic E-state index is -0.133. The second-order valence-electron chi connectivity index (χ2n) is 7.66. The molecule has 6 heteroatoms. The van der Waals surface area contributed by atoms with Gasteiger partial charge in [-0.3, -0.25) is 4.79 Å². The summed E-state index contributed by atoms with van der Waals surface area (Å²) in [6, 6.07) is 23.1. The number of benzene rings is 3. The van der Waals surface area contributed by atoms with Crippen molar-refractivity contribution in [3.8, 4) is 0 Å². The van der Waals surface area contributed by atoms with E-state index in [-0.39, 0.29) is 5.91 Å². The number of hydrogen-bond donors (Lipinski definition) is 0. The highest BCUT2D eigenvalue weighted by Crippen LogP contribution is 2.30. The Morgan fingerprint density at radius 1 is 0.969 bits per heavy atom. The molecule has 1 aliphatic rings. The van der Waals surface area contributed by atoms with E-state index in [1.807, 2.05) is 73.8 Å². The number of aromatic nitrogens is 1. The third-order valence-corrected chi connectivity index (χ3v) is 6.13. The van der Waals surface area contributed by atoms with E-state index >= 15 is 0 Å². The van der Waals surface area contributed by atoms with E-state index in [2.05, 4.69) is 21.8 Å². The number of rotatable bonds is 4. The van der Waals surface area contributed by atoms with Gasteiger partial charge in [0.2, 0.25) is 0 Å². The van der Waals surface area contributed by atoms with E-state index in [1.165, 1.54) is 5.01 Å². The topological polar surface area (TPSA) is 37.6 Å². The third-order valence-electron chi connectivity index (χ3n) is 5.54. The molecule has 4 nitrogen and oxygen atoms in total. The molecule has 0 aliphatic carbocycles. The minimum absolute atomic E-state index is 0.133. The van der Waals surface area contributed by atoms with Gasteiger partial charge in [0.15, 0.2) is 0 Å². The Kier molecular flexibility index (Phi) is 5.33. The largest absolute Gasteiger partial charge is 0.342 e. The fourth-order valence-electron chi connectivity index (χ4n) is 3.94. The normalized spacial score (nSPS) is 15.1. The summed E-state index contributed by atoms with van der Waals surface area (Å²) in [5.74, 6) is -0.133. The number of hydrazone groups is 1. The summed E-state index contributed by atoms with van der Waals surface area (Å²) in [5, 5.41) is 8.24. The van der Waals surface area contributed by atoms with Crippen LogP contribution >= 0.6 is 23.2 Å². The molecule has 0 unspecified atom stereocenters. The molecule has 0 radical (unpaired) electrons. The van der Waals surface area contributed by atoms with Crippen LogP contribution in [0.2, 0.25) is 10.0 Å². The molecule has 0 bridgehead atoms. The molecule has 0 saturated carbocycles. The van der Waals surface area contributed by atoms with Gasteiger partial charge in [-0.1, -0.05) is 65.7 Å². The van der Waals surface area contributed by atoms with Crippen molar-refractivity contribution in [2.24, 2.45) is 5.10 Å². The predicted octanol–water partition coefficient (Wildman–Crippen LogP) is 6.80. The van der Waals surface area contributed by atoms with Crippen molar-refractivity contribution in [1.82, 2.24) is 4.57 Å². The summed E-state index contributed by atoms with van der Waals surface area (Å²) in [5.41, 5.74) is 5.02. The number of fused-ring (bicyclic) bond motifs is 1. The molecule has 4 aromatic rings. The van der Waals surface area contributed by atoms with Crippen LogP contribution in [0, 0.1) is 0 Å². The van der Waals surface area contributed by atoms with Crippen molar-refractivity contribution >= 4 is 57.5 Å². The molecular formula is C26H19Cl2N3O. The number of halogens is 2. The van der Waals surface area contributed by atoms with E-state index in [1.54, 1.807) is 6.07 Å². The van der Waals surface area contributed by atoms with Crippen LogP contribution in [0.3, 0.4) is 0 Å². The molecule has 5 rings (SSSR count). The molecule has 0 saturated heterocycles. The molecule has 0 spiro atoms. The molecule has 3 aromatic carbocycles. The zero-order valence-corrected chi connectivity index (χ0v) is 18.8. The number of nitrogens with zero attached hydrogens (tertiary/aromatic N) is 3. The lowest BCUT2D eigenvalue weighted by Crippen LogP contribution is -2.21. The van der Waals surface area contributed by atoms with Gasteiger partial charge in [-0.05, 0) is 48.9 Å². The van der Waals surface area contributed by atoms with Crippen molar-refractivity contribution in [3.05, 3.63) is 106 Å².